The number of nitrogens with one attached hydrogen (secondary N) is 1. The summed E-state index contributed by atoms with van der Waals surface area (Å²) in [7, 11) is 0. The number of hydrogen-bond acceptors (Lipinski definition) is 3. The van der Waals surface area contributed by atoms with Crippen LogP contribution in [-0.4, -0.2) is 22.8 Å². The van der Waals surface area contributed by atoms with Gasteiger partial charge in [0, 0.05) is 17.2 Å². The Bertz CT molecular complexity index is 647. The number of halogens is 1. The van der Waals surface area contributed by atoms with Gasteiger partial charge in [0.2, 0.25) is 0 Å². The van der Waals surface area contributed by atoms with E-state index in [-0.39, 0.29) is 0 Å². The Kier molecular flexibility index (Phi) is 3.49. The fourth-order valence-electron chi connectivity index (χ4n) is 2.14. The second-order valence-corrected chi connectivity index (χ2v) is 5.31. The van der Waals surface area contributed by atoms with E-state index in [0.717, 1.165) is 17.0 Å². The zero-order chi connectivity index (χ0) is 14.1. The predicted octanol–water partition coefficient (Wildman–Crippen LogP) is 3.78. The highest BCUT2D eigenvalue weighted by molar-refractivity contribution is 6.33. The highest BCUT2D eigenvalue weighted by atomic mass is 35.5. The number of ether oxygens (including phenoxy) is 1. The van der Waals surface area contributed by atoms with Crippen LogP contribution in [0.2, 0.25) is 5.02 Å². The maximum atomic E-state index is 11.8. The molecule has 0 aliphatic heterocycles. The quantitative estimate of drug-likeness (QED) is 0.872. The van der Waals surface area contributed by atoms with Gasteiger partial charge in [-0.2, -0.15) is 5.10 Å². The first kappa shape index (κ1) is 13.2. The van der Waals surface area contributed by atoms with Crippen molar-refractivity contribution in [2.75, 3.05) is 6.61 Å². The van der Waals surface area contributed by atoms with Crippen LogP contribution in [0.3, 0.4) is 0 Å². The molecule has 2 aromatic rings. The first-order valence-electron chi connectivity index (χ1n) is 6.71. The van der Waals surface area contributed by atoms with Gasteiger partial charge in [-0.3, -0.25) is 5.10 Å². The Hall–Kier alpha value is -1.81. The minimum Gasteiger partial charge on any atom is -0.462 e. The molecule has 0 unspecified atom stereocenters. The normalized spacial score (nSPS) is 14.3. The molecule has 0 saturated heterocycles. The lowest BCUT2D eigenvalue weighted by atomic mass is 10.1. The van der Waals surface area contributed by atoms with E-state index in [2.05, 4.69) is 10.2 Å². The summed E-state index contributed by atoms with van der Waals surface area (Å²) in [5.41, 5.74) is 3.23. The van der Waals surface area contributed by atoms with E-state index in [1.54, 1.807) is 19.1 Å². The largest absolute Gasteiger partial charge is 0.462 e. The van der Waals surface area contributed by atoms with Gasteiger partial charge >= 0.3 is 5.97 Å². The molecule has 1 aliphatic carbocycles. The van der Waals surface area contributed by atoms with Gasteiger partial charge in [0.05, 0.1) is 22.9 Å². The molecule has 1 saturated carbocycles. The van der Waals surface area contributed by atoms with E-state index in [9.17, 15) is 4.79 Å². The van der Waals surface area contributed by atoms with Crippen LogP contribution in [0.15, 0.2) is 24.3 Å². The van der Waals surface area contributed by atoms with Crippen molar-refractivity contribution in [2.24, 2.45) is 0 Å². The van der Waals surface area contributed by atoms with Gasteiger partial charge in [-0.1, -0.05) is 17.7 Å². The number of H-pyrrole nitrogens is 1. The second kappa shape index (κ2) is 5.29. The van der Waals surface area contributed by atoms with Gasteiger partial charge in [0.1, 0.15) is 0 Å². The highest BCUT2D eigenvalue weighted by Crippen LogP contribution is 2.40. The number of hydrogen-bond donors (Lipinski definition) is 1. The number of aromatic nitrogens is 2. The van der Waals surface area contributed by atoms with Crippen LogP contribution < -0.4 is 0 Å². The molecule has 0 amide bonds. The summed E-state index contributed by atoms with van der Waals surface area (Å²) in [6.07, 6.45) is 2.44. The Morgan fingerprint density at radius 2 is 2.25 bits per heavy atom. The number of nitrogens with zero attached hydrogens (tertiary/aromatic N) is 1. The standard InChI is InChI=1S/C15H15ClN2O2/c1-2-20-15(19)11-7-10(5-6-12(11)16)14-8-13(17-18-14)9-3-4-9/h5-9H,2-4H2,1H3,(H,17,18). The molecule has 0 atom stereocenters. The zero-order valence-electron chi connectivity index (χ0n) is 11.1. The van der Waals surface area contributed by atoms with Gasteiger partial charge in [-0.15, -0.1) is 0 Å². The van der Waals surface area contributed by atoms with Crippen molar-refractivity contribution in [3.63, 3.8) is 0 Å². The molecule has 20 heavy (non-hydrogen) atoms. The van der Waals surface area contributed by atoms with Gasteiger partial charge in [0.15, 0.2) is 0 Å². The smallest absolute Gasteiger partial charge is 0.339 e. The SMILES string of the molecule is CCOC(=O)c1cc(-c2cc(C3CC3)[nH]n2)ccc1Cl. The van der Waals surface area contributed by atoms with Gasteiger partial charge in [-0.05, 0) is 38.0 Å². The van der Waals surface area contributed by atoms with E-state index in [0.29, 0.717) is 23.1 Å². The predicted molar refractivity (Wildman–Crippen MR) is 77.0 cm³/mol. The number of carbonyl (C=O) groups excluding carboxylic acids is 1. The topological polar surface area (TPSA) is 55.0 Å². The summed E-state index contributed by atoms with van der Waals surface area (Å²) in [4.78, 5) is 11.8. The number of carbonyl (C=O) groups is 1. The lowest BCUT2D eigenvalue weighted by Crippen LogP contribution is -2.05. The highest BCUT2D eigenvalue weighted by Gasteiger charge is 2.25. The monoisotopic (exact) mass is 290 g/mol. The third kappa shape index (κ3) is 2.56. The Morgan fingerprint density at radius 1 is 1.45 bits per heavy atom. The minimum absolute atomic E-state index is 0.327. The lowest BCUT2D eigenvalue weighted by Gasteiger charge is -2.05. The van der Waals surface area contributed by atoms with Crippen molar-refractivity contribution in [3.05, 3.63) is 40.5 Å². The fourth-order valence-corrected chi connectivity index (χ4v) is 2.33. The van der Waals surface area contributed by atoms with Crippen molar-refractivity contribution >= 4 is 17.6 Å². The van der Waals surface area contributed by atoms with Gasteiger partial charge in [0.25, 0.3) is 0 Å². The molecule has 0 radical (unpaired) electrons. The van der Waals surface area contributed by atoms with E-state index in [4.69, 9.17) is 16.3 Å². The second-order valence-electron chi connectivity index (χ2n) is 4.90. The molecular formula is C15H15ClN2O2. The van der Waals surface area contributed by atoms with Gasteiger partial charge < -0.3 is 4.74 Å². The third-order valence-corrected chi connectivity index (χ3v) is 3.70. The van der Waals surface area contributed by atoms with Crippen molar-refractivity contribution in [1.82, 2.24) is 10.2 Å². The average Bonchev–Trinajstić information content (AvgIpc) is 3.18. The molecule has 1 heterocycles. The Balaban J connectivity index is 1.92. The summed E-state index contributed by atoms with van der Waals surface area (Å²) in [6, 6.07) is 7.33. The molecule has 1 aromatic heterocycles. The molecule has 4 nitrogen and oxygen atoms in total. The van der Waals surface area contributed by atoms with Crippen LogP contribution in [0.4, 0.5) is 0 Å². The zero-order valence-corrected chi connectivity index (χ0v) is 11.9. The lowest BCUT2D eigenvalue weighted by molar-refractivity contribution is 0.0526. The van der Waals surface area contributed by atoms with Gasteiger partial charge in [-0.25, -0.2) is 4.79 Å². The van der Waals surface area contributed by atoms with Crippen LogP contribution >= 0.6 is 11.6 Å². The molecule has 1 aromatic carbocycles. The molecule has 0 spiro atoms. The number of esters is 1. The van der Waals surface area contributed by atoms with Crippen LogP contribution in [0, 0.1) is 0 Å². The molecule has 1 N–H and O–H groups in total. The summed E-state index contributed by atoms with van der Waals surface area (Å²) < 4.78 is 5.00. The summed E-state index contributed by atoms with van der Waals surface area (Å²) in [5, 5.41) is 7.75. The van der Waals surface area contributed by atoms with E-state index >= 15 is 0 Å². The third-order valence-electron chi connectivity index (χ3n) is 3.37. The number of aromatic amines is 1. The molecule has 1 aliphatic rings. The average molecular weight is 291 g/mol. The first-order chi connectivity index (χ1) is 9.69. The van der Waals surface area contributed by atoms with Crippen molar-refractivity contribution < 1.29 is 9.53 Å². The maximum Gasteiger partial charge on any atom is 0.339 e. The van der Waals surface area contributed by atoms with E-state index in [1.165, 1.54) is 12.8 Å². The first-order valence-corrected chi connectivity index (χ1v) is 7.09. The van der Waals surface area contributed by atoms with E-state index in [1.807, 2.05) is 12.1 Å². The maximum absolute atomic E-state index is 11.8. The molecule has 104 valence electrons. The fraction of sp³-hybridized carbons (Fsp3) is 0.333. The minimum atomic E-state index is -0.405. The van der Waals surface area contributed by atoms with Crippen LogP contribution in [0.1, 0.15) is 41.7 Å². The molecule has 1 fully saturated rings. The Labute approximate surface area is 122 Å². The van der Waals surface area contributed by atoms with E-state index < -0.39 is 5.97 Å². The molecule has 0 bridgehead atoms. The summed E-state index contributed by atoms with van der Waals surface area (Å²) in [5.74, 6) is 0.213. The summed E-state index contributed by atoms with van der Waals surface area (Å²) >= 11 is 6.05. The summed E-state index contributed by atoms with van der Waals surface area (Å²) in [6.45, 7) is 2.10. The van der Waals surface area contributed by atoms with Crippen LogP contribution in [0.5, 0.6) is 0 Å². The van der Waals surface area contributed by atoms with Crippen molar-refractivity contribution in [2.45, 2.75) is 25.7 Å². The molecule has 5 heteroatoms. The van der Waals surface area contributed by atoms with Crippen LogP contribution in [-0.2, 0) is 4.74 Å². The van der Waals surface area contributed by atoms with Crippen molar-refractivity contribution in [3.8, 4) is 11.3 Å². The van der Waals surface area contributed by atoms with Crippen molar-refractivity contribution in [1.29, 1.82) is 0 Å². The Morgan fingerprint density at radius 3 is 2.95 bits per heavy atom. The molecule has 3 rings (SSSR count). The number of rotatable bonds is 4. The number of benzene rings is 1. The molecular weight excluding hydrogens is 276 g/mol. The van der Waals surface area contributed by atoms with Crippen LogP contribution in [0.25, 0.3) is 11.3 Å².